The summed E-state index contributed by atoms with van der Waals surface area (Å²) in [5.74, 6) is -0.463. The van der Waals surface area contributed by atoms with Crippen LogP contribution in [0, 0.1) is 0 Å². The maximum absolute atomic E-state index is 12.9. The molecule has 1 amide bonds. The molecule has 0 aliphatic carbocycles. The van der Waals surface area contributed by atoms with E-state index in [2.05, 4.69) is 20.0 Å². The van der Waals surface area contributed by atoms with Gasteiger partial charge >= 0.3 is 0 Å². The Bertz CT molecular complexity index is 1320. The minimum Gasteiger partial charge on any atom is -0.492 e. The fourth-order valence-corrected chi connectivity index (χ4v) is 3.52. The molecule has 13 heteroatoms. The Hall–Kier alpha value is -3.71. The van der Waals surface area contributed by atoms with E-state index in [9.17, 15) is 18.0 Å². The van der Waals surface area contributed by atoms with Crippen LogP contribution in [0.5, 0.6) is 11.5 Å². The largest absolute Gasteiger partial charge is 0.492 e. The molecule has 0 aliphatic rings. The van der Waals surface area contributed by atoms with Crippen LogP contribution in [0.4, 0.5) is 11.5 Å². The molecule has 170 valence electrons. The summed E-state index contributed by atoms with van der Waals surface area (Å²) in [5.41, 5.74) is 6.14. The Labute approximate surface area is 183 Å². The van der Waals surface area contributed by atoms with E-state index in [0.29, 0.717) is 0 Å². The Morgan fingerprint density at radius 1 is 1.25 bits per heavy atom. The van der Waals surface area contributed by atoms with Gasteiger partial charge in [-0.25, -0.2) is 23.1 Å². The van der Waals surface area contributed by atoms with Crippen molar-refractivity contribution in [1.29, 1.82) is 0 Å². The molecule has 12 nitrogen and oxygen atoms in total. The lowest BCUT2D eigenvalue weighted by molar-refractivity contribution is 0.102. The number of hydrogen-bond acceptors (Lipinski definition) is 9. The smallest absolute Gasteiger partial charge is 0.260 e. The number of methoxy groups -OCH3 is 1. The number of pyridine rings is 1. The second kappa shape index (κ2) is 9.20. The van der Waals surface area contributed by atoms with Gasteiger partial charge in [-0.1, -0.05) is 0 Å². The molecular formula is C19H22N6O6S. The zero-order valence-corrected chi connectivity index (χ0v) is 18.4. The number of nitrogen functional groups attached to an aromatic ring is 1. The first-order valence-electron chi connectivity index (χ1n) is 9.29. The molecule has 0 atom stereocenters. The molecular weight excluding hydrogens is 440 g/mol. The Morgan fingerprint density at radius 2 is 1.94 bits per heavy atom. The minimum absolute atomic E-state index is 0.0459. The van der Waals surface area contributed by atoms with Crippen LogP contribution in [-0.4, -0.2) is 55.4 Å². The number of carbonyl (C=O) groups is 1. The number of benzene rings is 1. The fourth-order valence-electron chi connectivity index (χ4n) is 3.02. The molecule has 2 aromatic heterocycles. The molecule has 1 aromatic carbocycles. The van der Waals surface area contributed by atoms with Gasteiger partial charge < -0.3 is 20.5 Å². The zero-order valence-electron chi connectivity index (χ0n) is 17.6. The number of hydrogen-bond donors (Lipinski definition) is 3. The number of amides is 1. The lowest BCUT2D eigenvalue weighted by Gasteiger charge is -2.18. The van der Waals surface area contributed by atoms with E-state index in [4.69, 9.17) is 15.2 Å². The van der Waals surface area contributed by atoms with Crippen LogP contribution >= 0.6 is 0 Å². The third-order valence-corrected chi connectivity index (χ3v) is 6.02. The van der Waals surface area contributed by atoms with Crippen molar-refractivity contribution < 1.29 is 22.7 Å². The van der Waals surface area contributed by atoms with Gasteiger partial charge in [0, 0.05) is 19.4 Å². The number of fused-ring (bicyclic) bond motifs is 1. The quantitative estimate of drug-likeness (QED) is 0.420. The number of nitrogens with one attached hydrogen (secondary N) is 2. The standard InChI is InChI=1S/C19H22N6O6S/c1-21-32(28,29)7-6-31-13-5-4-12-14(16(13)30-3)15(20)17(25(2)19(12)27)24-18(26)11-8-22-10-23-9-11/h4-5,8-10,21H,6-7,20H2,1-3H3,(H,24,26). The number of sulfonamides is 1. The van der Waals surface area contributed by atoms with E-state index in [0.717, 1.165) is 0 Å². The molecule has 0 aliphatic heterocycles. The van der Waals surface area contributed by atoms with Gasteiger partial charge in [0.05, 0.1) is 34.9 Å². The third-order valence-electron chi connectivity index (χ3n) is 4.70. The van der Waals surface area contributed by atoms with Crippen LogP contribution in [0.25, 0.3) is 10.8 Å². The highest BCUT2D eigenvalue weighted by atomic mass is 32.2. The summed E-state index contributed by atoms with van der Waals surface area (Å²) in [6.45, 7) is -0.159. The monoisotopic (exact) mass is 462 g/mol. The van der Waals surface area contributed by atoms with Crippen LogP contribution in [0.1, 0.15) is 10.4 Å². The predicted molar refractivity (Wildman–Crippen MR) is 118 cm³/mol. The van der Waals surface area contributed by atoms with Gasteiger partial charge in [-0.3, -0.25) is 14.2 Å². The van der Waals surface area contributed by atoms with Crippen molar-refractivity contribution in [3.8, 4) is 11.5 Å². The normalized spacial score (nSPS) is 11.3. The molecule has 2 heterocycles. The van der Waals surface area contributed by atoms with E-state index < -0.39 is 21.5 Å². The number of aromatic nitrogens is 3. The van der Waals surface area contributed by atoms with Gasteiger partial charge in [0.25, 0.3) is 11.5 Å². The van der Waals surface area contributed by atoms with Gasteiger partial charge in [0.15, 0.2) is 11.5 Å². The van der Waals surface area contributed by atoms with Gasteiger partial charge in [-0.15, -0.1) is 0 Å². The van der Waals surface area contributed by atoms with E-state index in [1.165, 1.54) is 56.6 Å². The van der Waals surface area contributed by atoms with Crippen LogP contribution in [0.3, 0.4) is 0 Å². The second-order valence-corrected chi connectivity index (χ2v) is 8.64. The fraction of sp³-hybridized carbons (Fsp3) is 0.263. The number of nitrogens with zero attached hydrogens (tertiary/aromatic N) is 3. The molecule has 0 spiro atoms. The van der Waals surface area contributed by atoms with E-state index in [1.54, 1.807) is 0 Å². The van der Waals surface area contributed by atoms with Crippen molar-refractivity contribution in [2.24, 2.45) is 7.05 Å². The van der Waals surface area contributed by atoms with Crippen molar-refractivity contribution in [2.45, 2.75) is 0 Å². The SMILES string of the molecule is CNS(=O)(=O)CCOc1ccc2c(=O)n(C)c(NC(=O)c3cncnc3)c(N)c2c1OC. The topological polar surface area (TPSA) is 168 Å². The number of rotatable bonds is 8. The van der Waals surface area contributed by atoms with Gasteiger partial charge in [0.2, 0.25) is 10.0 Å². The maximum atomic E-state index is 12.9. The number of anilines is 2. The van der Waals surface area contributed by atoms with Gasteiger partial charge in [0.1, 0.15) is 18.8 Å². The Morgan fingerprint density at radius 3 is 2.56 bits per heavy atom. The second-order valence-electron chi connectivity index (χ2n) is 6.60. The first kappa shape index (κ1) is 23.0. The van der Waals surface area contributed by atoms with Crippen molar-refractivity contribution in [1.82, 2.24) is 19.3 Å². The first-order chi connectivity index (χ1) is 15.2. The molecule has 0 saturated heterocycles. The highest BCUT2D eigenvalue weighted by Crippen LogP contribution is 2.40. The maximum Gasteiger partial charge on any atom is 0.260 e. The Kier molecular flexibility index (Phi) is 6.60. The summed E-state index contributed by atoms with van der Waals surface area (Å²) in [4.78, 5) is 33.1. The zero-order chi connectivity index (χ0) is 23.5. The Balaban J connectivity index is 2.07. The van der Waals surface area contributed by atoms with Crippen LogP contribution in [0.15, 0.2) is 35.6 Å². The van der Waals surface area contributed by atoms with Crippen molar-refractivity contribution in [3.63, 3.8) is 0 Å². The minimum atomic E-state index is -3.47. The summed E-state index contributed by atoms with van der Waals surface area (Å²) < 4.78 is 37.7. The molecule has 0 radical (unpaired) electrons. The van der Waals surface area contributed by atoms with E-state index in [-0.39, 0.29) is 51.7 Å². The number of nitrogens with two attached hydrogens (primary N) is 1. The summed E-state index contributed by atoms with van der Waals surface area (Å²) in [6, 6.07) is 2.99. The molecule has 32 heavy (non-hydrogen) atoms. The van der Waals surface area contributed by atoms with Gasteiger partial charge in [-0.05, 0) is 19.2 Å². The number of ether oxygens (including phenoxy) is 2. The van der Waals surface area contributed by atoms with Crippen molar-refractivity contribution in [3.05, 3.63) is 46.8 Å². The van der Waals surface area contributed by atoms with E-state index in [1.807, 2.05) is 0 Å². The molecule has 0 unspecified atom stereocenters. The van der Waals surface area contributed by atoms with Gasteiger partial charge in [-0.2, -0.15) is 0 Å². The molecule has 3 rings (SSSR count). The third kappa shape index (κ3) is 4.48. The predicted octanol–water partition coefficient (Wildman–Crippen LogP) is 0.0996. The summed E-state index contributed by atoms with van der Waals surface area (Å²) in [5, 5.41) is 3.06. The van der Waals surface area contributed by atoms with Crippen molar-refractivity contribution in [2.75, 3.05) is 37.6 Å². The van der Waals surface area contributed by atoms with Crippen LogP contribution in [-0.2, 0) is 17.1 Å². The van der Waals surface area contributed by atoms with Crippen LogP contribution in [0.2, 0.25) is 0 Å². The average molecular weight is 462 g/mol. The lowest BCUT2D eigenvalue weighted by atomic mass is 10.1. The highest BCUT2D eigenvalue weighted by Gasteiger charge is 2.21. The molecule has 0 bridgehead atoms. The highest BCUT2D eigenvalue weighted by molar-refractivity contribution is 7.89. The molecule has 0 saturated carbocycles. The lowest BCUT2D eigenvalue weighted by Crippen LogP contribution is -2.26. The van der Waals surface area contributed by atoms with Crippen LogP contribution < -0.4 is 30.8 Å². The summed E-state index contributed by atoms with van der Waals surface area (Å²) >= 11 is 0. The molecule has 4 N–H and O–H groups in total. The first-order valence-corrected chi connectivity index (χ1v) is 10.9. The van der Waals surface area contributed by atoms with E-state index >= 15 is 0 Å². The molecule has 3 aromatic rings. The molecule has 0 fully saturated rings. The van der Waals surface area contributed by atoms with Crippen molar-refractivity contribution >= 4 is 38.2 Å². The summed E-state index contributed by atoms with van der Waals surface area (Å²) in [7, 11) is 0.666. The number of carbonyl (C=O) groups excluding carboxylic acids is 1. The average Bonchev–Trinajstić information content (AvgIpc) is 2.80. The summed E-state index contributed by atoms with van der Waals surface area (Å²) in [6.07, 6.45) is 3.93.